The molecule has 2 aliphatic rings. The molecule has 0 aromatic heterocycles. The number of aliphatic hydroxyl groups is 1. The molecule has 1 saturated heterocycles. The SMILES string of the molecule is CN1CC(O)C(N2C(=O)c3ccccc3C(C(=O)NOCc3ccccc3)C2c2ccc(Cl)cc2)C1. The van der Waals surface area contributed by atoms with Crippen molar-refractivity contribution in [2.45, 2.75) is 30.7 Å². The number of amides is 2. The Bertz CT molecular complexity index is 1240. The van der Waals surface area contributed by atoms with Crippen molar-refractivity contribution in [3.05, 3.63) is 106 Å². The van der Waals surface area contributed by atoms with Gasteiger partial charge in [-0.25, -0.2) is 5.48 Å². The molecule has 5 rings (SSSR count). The number of likely N-dealkylation sites (N-methyl/N-ethyl adjacent to an activating group) is 1. The van der Waals surface area contributed by atoms with Gasteiger partial charge in [-0.1, -0.05) is 72.3 Å². The van der Waals surface area contributed by atoms with E-state index in [1.54, 1.807) is 29.2 Å². The van der Waals surface area contributed by atoms with E-state index in [4.69, 9.17) is 16.4 Å². The summed E-state index contributed by atoms with van der Waals surface area (Å²) < 4.78 is 0. The number of β-amino-alcohol motifs (C(OH)–C–C–N with tert-alkyl or cyclic N) is 1. The van der Waals surface area contributed by atoms with E-state index < -0.39 is 24.1 Å². The second-order valence-electron chi connectivity index (χ2n) is 9.37. The summed E-state index contributed by atoms with van der Waals surface area (Å²) in [5.41, 5.74) is 5.38. The number of carbonyl (C=O) groups is 2. The Hall–Kier alpha value is -3.23. The predicted molar refractivity (Wildman–Crippen MR) is 136 cm³/mol. The van der Waals surface area contributed by atoms with Crippen molar-refractivity contribution >= 4 is 23.4 Å². The first-order chi connectivity index (χ1) is 17.4. The lowest BCUT2D eigenvalue weighted by Gasteiger charge is -2.45. The largest absolute Gasteiger partial charge is 0.390 e. The number of hydrogen-bond donors (Lipinski definition) is 2. The molecular formula is C28H28ClN3O4. The Labute approximate surface area is 215 Å². The number of benzene rings is 3. The third kappa shape index (κ3) is 4.75. The van der Waals surface area contributed by atoms with Crippen molar-refractivity contribution in [2.24, 2.45) is 0 Å². The quantitative estimate of drug-likeness (QED) is 0.501. The molecule has 36 heavy (non-hydrogen) atoms. The third-order valence-electron chi connectivity index (χ3n) is 6.92. The van der Waals surface area contributed by atoms with Crippen molar-refractivity contribution < 1.29 is 19.5 Å². The van der Waals surface area contributed by atoms with E-state index in [0.717, 1.165) is 11.1 Å². The second kappa shape index (κ2) is 10.4. The van der Waals surface area contributed by atoms with Gasteiger partial charge in [0.25, 0.3) is 11.8 Å². The highest BCUT2D eigenvalue weighted by Gasteiger charge is 2.49. The Morgan fingerprint density at radius 2 is 1.72 bits per heavy atom. The van der Waals surface area contributed by atoms with Crippen LogP contribution in [0.3, 0.4) is 0 Å². The van der Waals surface area contributed by atoms with Crippen molar-refractivity contribution in [1.29, 1.82) is 0 Å². The van der Waals surface area contributed by atoms with E-state index in [2.05, 4.69) is 5.48 Å². The van der Waals surface area contributed by atoms with Crippen LogP contribution in [0.1, 0.15) is 39.0 Å². The molecular weight excluding hydrogens is 478 g/mol. The van der Waals surface area contributed by atoms with E-state index >= 15 is 0 Å². The molecule has 4 atom stereocenters. The molecule has 0 radical (unpaired) electrons. The molecule has 2 heterocycles. The number of hydroxylamine groups is 1. The number of likely N-dealkylation sites (tertiary alicyclic amines) is 1. The predicted octanol–water partition coefficient (Wildman–Crippen LogP) is 3.54. The van der Waals surface area contributed by atoms with Crippen LogP contribution in [0.4, 0.5) is 0 Å². The minimum Gasteiger partial charge on any atom is -0.390 e. The fraction of sp³-hybridized carbons (Fsp3) is 0.286. The van der Waals surface area contributed by atoms with Crippen LogP contribution >= 0.6 is 11.6 Å². The maximum absolute atomic E-state index is 13.9. The topological polar surface area (TPSA) is 82.1 Å². The van der Waals surface area contributed by atoms with E-state index in [1.165, 1.54) is 0 Å². The van der Waals surface area contributed by atoms with Gasteiger partial charge in [0.1, 0.15) is 0 Å². The number of halogens is 1. The van der Waals surface area contributed by atoms with Gasteiger partial charge in [-0.2, -0.15) is 0 Å². The van der Waals surface area contributed by atoms with Gasteiger partial charge in [-0.15, -0.1) is 0 Å². The Kier molecular flexibility index (Phi) is 7.07. The van der Waals surface area contributed by atoms with Crippen LogP contribution < -0.4 is 5.48 Å². The van der Waals surface area contributed by atoms with Gasteiger partial charge in [-0.05, 0) is 41.9 Å². The molecule has 0 bridgehead atoms. The van der Waals surface area contributed by atoms with Crippen molar-refractivity contribution in [3.63, 3.8) is 0 Å². The van der Waals surface area contributed by atoms with Crippen LogP contribution in [0.25, 0.3) is 0 Å². The molecule has 2 amide bonds. The number of carbonyl (C=O) groups excluding carboxylic acids is 2. The first-order valence-electron chi connectivity index (χ1n) is 11.9. The molecule has 1 fully saturated rings. The number of nitrogens with zero attached hydrogens (tertiary/aromatic N) is 2. The summed E-state index contributed by atoms with van der Waals surface area (Å²) in [7, 11) is 1.91. The molecule has 0 spiro atoms. The van der Waals surface area contributed by atoms with Gasteiger partial charge in [0, 0.05) is 23.7 Å². The van der Waals surface area contributed by atoms with E-state index in [-0.39, 0.29) is 18.4 Å². The minimum absolute atomic E-state index is 0.209. The highest BCUT2D eigenvalue weighted by Crippen LogP contribution is 2.45. The molecule has 0 aliphatic carbocycles. The lowest BCUT2D eigenvalue weighted by atomic mass is 9.78. The molecule has 186 valence electrons. The maximum Gasteiger partial charge on any atom is 0.255 e. The van der Waals surface area contributed by atoms with Crippen LogP contribution in [0, 0.1) is 0 Å². The fourth-order valence-electron chi connectivity index (χ4n) is 5.27. The maximum atomic E-state index is 13.9. The zero-order valence-corrected chi connectivity index (χ0v) is 20.6. The van der Waals surface area contributed by atoms with Gasteiger partial charge < -0.3 is 14.9 Å². The average Bonchev–Trinajstić information content (AvgIpc) is 3.22. The average molecular weight is 506 g/mol. The Morgan fingerprint density at radius 3 is 2.42 bits per heavy atom. The second-order valence-corrected chi connectivity index (χ2v) is 9.81. The normalized spacial score (nSPS) is 24.0. The first-order valence-corrected chi connectivity index (χ1v) is 12.3. The first kappa shape index (κ1) is 24.5. The van der Waals surface area contributed by atoms with Gasteiger partial charge in [-0.3, -0.25) is 14.4 Å². The third-order valence-corrected chi connectivity index (χ3v) is 7.18. The lowest BCUT2D eigenvalue weighted by Crippen LogP contribution is -2.54. The van der Waals surface area contributed by atoms with Gasteiger partial charge in [0.2, 0.25) is 0 Å². The van der Waals surface area contributed by atoms with Crippen LogP contribution in [0.15, 0.2) is 78.9 Å². The lowest BCUT2D eigenvalue weighted by molar-refractivity contribution is -0.138. The molecule has 8 heteroatoms. The summed E-state index contributed by atoms with van der Waals surface area (Å²) in [5.74, 6) is -1.33. The molecule has 7 nitrogen and oxygen atoms in total. The highest BCUT2D eigenvalue weighted by atomic mass is 35.5. The smallest absolute Gasteiger partial charge is 0.255 e. The number of hydrogen-bond acceptors (Lipinski definition) is 5. The standard InChI is InChI=1S/C28H28ClN3O4/c1-31-15-23(24(33)16-31)32-26(19-11-13-20(29)14-12-19)25(21-9-5-6-10-22(21)28(32)35)27(34)30-36-17-18-7-3-2-4-8-18/h2-14,23-26,33H,15-17H2,1H3,(H,30,34). The molecule has 2 aliphatic heterocycles. The summed E-state index contributed by atoms with van der Waals surface area (Å²) in [6, 6.07) is 22.7. The van der Waals surface area contributed by atoms with Crippen LogP contribution in [0.5, 0.6) is 0 Å². The van der Waals surface area contributed by atoms with E-state index in [0.29, 0.717) is 29.2 Å². The Balaban J connectivity index is 1.54. The minimum atomic E-state index is -0.756. The summed E-state index contributed by atoms with van der Waals surface area (Å²) in [6.45, 7) is 1.15. The van der Waals surface area contributed by atoms with Crippen LogP contribution in [-0.4, -0.2) is 59.0 Å². The van der Waals surface area contributed by atoms with Crippen molar-refractivity contribution in [2.75, 3.05) is 20.1 Å². The molecule has 4 unspecified atom stereocenters. The number of fused-ring (bicyclic) bond motifs is 1. The summed E-state index contributed by atoms with van der Waals surface area (Å²) in [5, 5.41) is 11.5. The van der Waals surface area contributed by atoms with Crippen LogP contribution in [0.2, 0.25) is 5.02 Å². The molecule has 0 saturated carbocycles. The van der Waals surface area contributed by atoms with Crippen LogP contribution in [-0.2, 0) is 16.2 Å². The van der Waals surface area contributed by atoms with Gasteiger partial charge in [0.05, 0.1) is 30.7 Å². The molecule has 3 aromatic carbocycles. The zero-order valence-electron chi connectivity index (χ0n) is 19.9. The number of rotatable bonds is 6. The van der Waals surface area contributed by atoms with E-state index in [1.807, 2.05) is 66.5 Å². The van der Waals surface area contributed by atoms with E-state index in [9.17, 15) is 14.7 Å². The summed E-state index contributed by atoms with van der Waals surface area (Å²) >= 11 is 6.17. The Morgan fingerprint density at radius 1 is 1.03 bits per heavy atom. The number of nitrogens with one attached hydrogen (secondary N) is 1. The van der Waals surface area contributed by atoms with Gasteiger partial charge in [0.15, 0.2) is 0 Å². The highest BCUT2D eigenvalue weighted by molar-refractivity contribution is 6.30. The van der Waals surface area contributed by atoms with Gasteiger partial charge >= 0.3 is 0 Å². The molecule has 2 N–H and O–H groups in total. The fourth-order valence-corrected chi connectivity index (χ4v) is 5.40. The monoisotopic (exact) mass is 505 g/mol. The zero-order chi connectivity index (χ0) is 25.2. The summed E-state index contributed by atoms with van der Waals surface area (Å²) in [6.07, 6.45) is -0.739. The van der Waals surface area contributed by atoms with Crippen molar-refractivity contribution in [3.8, 4) is 0 Å². The number of aliphatic hydroxyl groups excluding tert-OH is 1. The van der Waals surface area contributed by atoms with Crippen molar-refractivity contribution in [1.82, 2.24) is 15.3 Å². The molecule has 3 aromatic rings. The summed E-state index contributed by atoms with van der Waals surface area (Å²) in [4.78, 5) is 36.9.